The van der Waals surface area contributed by atoms with Crippen LogP contribution in [0.5, 0.6) is 0 Å². The summed E-state index contributed by atoms with van der Waals surface area (Å²) < 4.78 is 0. The highest BCUT2D eigenvalue weighted by molar-refractivity contribution is 6.29. The lowest BCUT2D eigenvalue weighted by Crippen LogP contribution is -2.35. The van der Waals surface area contributed by atoms with Crippen molar-refractivity contribution in [1.82, 2.24) is 9.88 Å². The van der Waals surface area contributed by atoms with E-state index in [1.165, 1.54) is 0 Å². The van der Waals surface area contributed by atoms with Crippen LogP contribution < -0.4 is 0 Å². The Morgan fingerprint density at radius 1 is 1.53 bits per heavy atom. The van der Waals surface area contributed by atoms with E-state index < -0.39 is 0 Å². The van der Waals surface area contributed by atoms with Crippen LogP contribution in [0.15, 0.2) is 12.1 Å². The van der Waals surface area contributed by atoms with Crippen molar-refractivity contribution in [3.05, 3.63) is 28.5 Å². The minimum atomic E-state index is -0.0669. The molecule has 0 spiro atoms. The quantitative estimate of drug-likeness (QED) is 0.844. The van der Waals surface area contributed by atoms with Gasteiger partial charge in [0.15, 0.2) is 0 Å². The first-order chi connectivity index (χ1) is 9.02. The molecule has 1 amide bonds. The van der Waals surface area contributed by atoms with E-state index in [4.69, 9.17) is 16.7 Å². The number of hydrogen-bond acceptors (Lipinski definition) is 3. The van der Waals surface area contributed by atoms with Crippen molar-refractivity contribution in [2.75, 3.05) is 13.2 Å². The highest BCUT2D eigenvalue weighted by atomic mass is 35.5. The summed E-state index contributed by atoms with van der Waals surface area (Å²) in [6.07, 6.45) is 2.03. The van der Waals surface area contributed by atoms with Gasteiger partial charge < -0.3 is 10.0 Å². The molecule has 19 heavy (non-hydrogen) atoms. The van der Waals surface area contributed by atoms with Gasteiger partial charge >= 0.3 is 0 Å². The molecule has 0 saturated heterocycles. The molecule has 0 unspecified atom stereocenters. The van der Waals surface area contributed by atoms with Crippen LogP contribution in [0.2, 0.25) is 5.15 Å². The van der Waals surface area contributed by atoms with Gasteiger partial charge in [0.2, 0.25) is 0 Å². The average Bonchev–Trinajstić information content (AvgIpc) is 3.18. The molecule has 1 N–H and O–H groups in total. The molecule has 0 aromatic carbocycles. The maximum absolute atomic E-state index is 12.5. The second-order valence-corrected chi connectivity index (χ2v) is 5.60. The third kappa shape index (κ3) is 3.45. The van der Waals surface area contributed by atoms with E-state index in [0.717, 1.165) is 18.5 Å². The van der Waals surface area contributed by atoms with Crippen molar-refractivity contribution in [3.8, 4) is 0 Å². The predicted octanol–water partition coefficient (Wildman–Crippen LogP) is 2.46. The van der Waals surface area contributed by atoms with Gasteiger partial charge in [0.25, 0.3) is 5.91 Å². The van der Waals surface area contributed by atoms with Gasteiger partial charge in [-0.15, -0.1) is 0 Å². The van der Waals surface area contributed by atoms with Gasteiger partial charge in [0.1, 0.15) is 5.15 Å². The highest BCUT2D eigenvalue weighted by Crippen LogP contribution is 2.28. The molecule has 1 aliphatic rings. The van der Waals surface area contributed by atoms with Crippen LogP contribution in [-0.4, -0.2) is 40.1 Å². The van der Waals surface area contributed by atoms with E-state index in [1.54, 1.807) is 17.0 Å². The van der Waals surface area contributed by atoms with Crippen LogP contribution in [0.3, 0.4) is 0 Å². The Labute approximate surface area is 118 Å². The first-order valence-corrected chi connectivity index (χ1v) is 7.00. The Morgan fingerprint density at radius 2 is 2.21 bits per heavy atom. The number of amides is 1. The summed E-state index contributed by atoms with van der Waals surface area (Å²) in [5.41, 5.74) is 1.37. The fraction of sp³-hybridized carbons (Fsp3) is 0.571. The molecule has 1 heterocycles. The molecule has 104 valence electrons. The second kappa shape index (κ2) is 5.88. The molecule has 0 aliphatic heterocycles. The lowest BCUT2D eigenvalue weighted by molar-refractivity contribution is 0.0707. The summed E-state index contributed by atoms with van der Waals surface area (Å²) in [7, 11) is 0. The van der Waals surface area contributed by atoms with E-state index in [1.807, 2.05) is 13.8 Å². The molecule has 4 nitrogen and oxygen atoms in total. The van der Waals surface area contributed by atoms with Gasteiger partial charge in [-0.2, -0.15) is 0 Å². The second-order valence-electron chi connectivity index (χ2n) is 5.21. The van der Waals surface area contributed by atoms with Crippen LogP contribution >= 0.6 is 11.6 Å². The third-order valence-corrected chi connectivity index (χ3v) is 3.44. The monoisotopic (exact) mass is 282 g/mol. The smallest absolute Gasteiger partial charge is 0.254 e. The third-order valence-electron chi connectivity index (χ3n) is 3.24. The number of aliphatic hydroxyl groups excluding tert-OH is 1. The van der Waals surface area contributed by atoms with Crippen molar-refractivity contribution in [1.29, 1.82) is 0 Å². The van der Waals surface area contributed by atoms with Crippen LogP contribution in [0.1, 0.15) is 48.7 Å². The van der Waals surface area contributed by atoms with Crippen molar-refractivity contribution < 1.29 is 9.90 Å². The Kier molecular flexibility index (Phi) is 4.42. The number of nitrogens with zero attached hydrogens (tertiary/aromatic N) is 2. The van der Waals surface area contributed by atoms with Crippen LogP contribution in [0.25, 0.3) is 0 Å². The summed E-state index contributed by atoms with van der Waals surface area (Å²) in [6.45, 7) is 4.39. The Hall–Kier alpha value is -1.13. The fourth-order valence-electron chi connectivity index (χ4n) is 2.05. The first-order valence-electron chi connectivity index (χ1n) is 6.62. The molecule has 2 rings (SSSR count). The van der Waals surface area contributed by atoms with E-state index in [-0.39, 0.29) is 24.5 Å². The molecule has 0 atom stereocenters. The van der Waals surface area contributed by atoms with Crippen molar-refractivity contribution in [2.24, 2.45) is 0 Å². The molecular weight excluding hydrogens is 264 g/mol. The summed E-state index contributed by atoms with van der Waals surface area (Å²) in [5, 5.41) is 9.42. The van der Waals surface area contributed by atoms with Gasteiger partial charge in [-0.05, 0) is 30.9 Å². The molecule has 0 bridgehead atoms. The lowest BCUT2D eigenvalue weighted by atomic mass is 10.1. The number of carbonyl (C=O) groups is 1. The van der Waals surface area contributed by atoms with Crippen LogP contribution in [0.4, 0.5) is 0 Å². The molecule has 1 aliphatic carbocycles. The topological polar surface area (TPSA) is 53.4 Å². The Bertz CT molecular complexity index is 473. The zero-order chi connectivity index (χ0) is 14.0. The molecule has 5 heteroatoms. The maximum atomic E-state index is 12.5. The van der Waals surface area contributed by atoms with Gasteiger partial charge in [-0.25, -0.2) is 4.98 Å². The molecular formula is C14H19ClN2O2. The Morgan fingerprint density at radius 3 is 2.74 bits per heavy atom. The number of hydrogen-bond donors (Lipinski definition) is 1. The van der Waals surface area contributed by atoms with Crippen LogP contribution in [-0.2, 0) is 0 Å². The van der Waals surface area contributed by atoms with Gasteiger partial charge in [-0.1, -0.05) is 25.4 Å². The number of aliphatic hydroxyl groups is 1. The number of halogens is 1. The SMILES string of the molecule is CC(C)c1cc(C(=O)N(CCO)C2CC2)cc(Cl)n1. The van der Waals surface area contributed by atoms with Gasteiger partial charge in [-0.3, -0.25) is 4.79 Å². The zero-order valence-electron chi connectivity index (χ0n) is 11.3. The van der Waals surface area contributed by atoms with Gasteiger partial charge in [0, 0.05) is 23.8 Å². The average molecular weight is 283 g/mol. The minimum absolute atomic E-state index is 0.0158. The fourth-order valence-corrected chi connectivity index (χ4v) is 2.26. The number of pyridine rings is 1. The Balaban J connectivity index is 2.26. The zero-order valence-corrected chi connectivity index (χ0v) is 12.0. The minimum Gasteiger partial charge on any atom is -0.395 e. The molecule has 1 saturated carbocycles. The van der Waals surface area contributed by atoms with E-state index >= 15 is 0 Å². The molecule has 1 aromatic heterocycles. The standard InChI is InChI=1S/C14H19ClN2O2/c1-9(2)12-7-10(8-13(15)16-12)14(19)17(5-6-18)11-3-4-11/h7-9,11,18H,3-6H2,1-2H3. The normalized spacial score (nSPS) is 14.8. The lowest BCUT2D eigenvalue weighted by Gasteiger charge is -2.22. The van der Waals surface area contributed by atoms with E-state index in [2.05, 4.69) is 4.98 Å². The molecule has 1 fully saturated rings. The highest BCUT2D eigenvalue weighted by Gasteiger charge is 2.32. The summed E-state index contributed by atoms with van der Waals surface area (Å²) in [6, 6.07) is 3.67. The maximum Gasteiger partial charge on any atom is 0.254 e. The van der Waals surface area contributed by atoms with Gasteiger partial charge in [0.05, 0.1) is 6.61 Å². The molecule has 0 radical (unpaired) electrons. The van der Waals surface area contributed by atoms with E-state index in [9.17, 15) is 4.79 Å². The van der Waals surface area contributed by atoms with Crippen molar-refractivity contribution in [3.63, 3.8) is 0 Å². The summed E-state index contributed by atoms with van der Waals surface area (Å²) in [4.78, 5) is 18.4. The van der Waals surface area contributed by atoms with Crippen LogP contribution in [0, 0.1) is 0 Å². The van der Waals surface area contributed by atoms with Crippen molar-refractivity contribution in [2.45, 2.75) is 38.6 Å². The summed E-state index contributed by atoms with van der Waals surface area (Å²) >= 11 is 5.98. The number of aromatic nitrogens is 1. The number of carbonyl (C=O) groups excluding carboxylic acids is 1. The number of rotatable bonds is 5. The first kappa shape index (κ1) is 14.3. The summed E-state index contributed by atoms with van der Waals surface area (Å²) in [5.74, 6) is 0.153. The molecule has 1 aromatic rings. The largest absolute Gasteiger partial charge is 0.395 e. The van der Waals surface area contributed by atoms with Crippen molar-refractivity contribution >= 4 is 17.5 Å². The predicted molar refractivity (Wildman–Crippen MR) is 74.5 cm³/mol. The van der Waals surface area contributed by atoms with E-state index in [0.29, 0.717) is 17.3 Å².